The van der Waals surface area contributed by atoms with Crippen molar-refractivity contribution >= 4 is 61.6 Å². The van der Waals surface area contributed by atoms with Crippen LogP contribution in [0.5, 0.6) is 0 Å². The van der Waals surface area contributed by atoms with E-state index >= 15 is 0 Å². The van der Waals surface area contributed by atoms with E-state index in [2.05, 4.69) is 297 Å². The minimum Gasteiger partial charge on any atom is -0.333 e. The van der Waals surface area contributed by atoms with Gasteiger partial charge in [0.2, 0.25) is 0 Å². The molecule has 3 atom stereocenters. The van der Waals surface area contributed by atoms with Crippen molar-refractivity contribution in [3.05, 3.63) is 317 Å². The molecule has 15 rings (SSSR count). The fraction of sp³-hybridized carbons (Fsp3) is 0.0933. The molecular weight excluding hydrogens is 929 g/mol. The fourth-order valence-electron chi connectivity index (χ4n) is 13.4. The molecule has 0 amide bonds. The van der Waals surface area contributed by atoms with Gasteiger partial charge in [0, 0.05) is 45.6 Å². The third kappa shape index (κ3) is 7.54. The maximum Gasteiger partial charge on any atom is 0.0702 e. The van der Waals surface area contributed by atoms with Crippen molar-refractivity contribution < 1.29 is 0 Å². The first-order valence-electron chi connectivity index (χ1n) is 27.3. The molecule has 0 aromatic heterocycles. The van der Waals surface area contributed by atoms with E-state index in [-0.39, 0.29) is 17.4 Å². The molecule has 0 saturated carbocycles. The lowest BCUT2D eigenvalue weighted by atomic mass is 9.69. The Balaban J connectivity index is 0.995. The summed E-state index contributed by atoms with van der Waals surface area (Å²) in [6, 6.07) is 86.3. The number of fused-ring (bicyclic) bond motifs is 9. The summed E-state index contributed by atoms with van der Waals surface area (Å²) in [6.45, 7) is 4.84. The molecule has 2 heteroatoms. The Morgan fingerprint density at radius 3 is 1.81 bits per heavy atom. The summed E-state index contributed by atoms with van der Waals surface area (Å²) in [7, 11) is 0. The topological polar surface area (TPSA) is 6.48 Å². The number of nitrogens with zero attached hydrogens (tertiary/aromatic N) is 2. The molecule has 5 aliphatic carbocycles. The first-order valence-corrected chi connectivity index (χ1v) is 27.3. The SMILES string of the molecule is CC1(C)C2=CC3=C(N(c4ccc(-c5ccccc5)cc4)c4ccc5cc6ccccc6cc5c4)c4ccccc4C(N(c4ccc(-c5ccccc5)cc4)c4ccc5c(c4)C=C4C=CC=CC4C5)C3C=C2c2ccccc21. The van der Waals surface area contributed by atoms with Crippen LogP contribution in [0.15, 0.2) is 284 Å². The molecule has 0 saturated heterocycles. The van der Waals surface area contributed by atoms with Gasteiger partial charge in [0.1, 0.15) is 0 Å². The monoisotopic (exact) mass is 984 g/mol. The Bertz CT molecular complexity index is 4200. The fourth-order valence-corrected chi connectivity index (χ4v) is 13.4. The zero-order chi connectivity index (χ0) is 51.2. The van der Waals surface area contributed by atoms with Crippen LogP contribution in [0.4, 0.5) is 22.7 Å². The van der Waals surface area contributed by atoms with E-state index in [1.807, 2.05) is 0 Å². The Labute approximate surface area is 451 Å². The second-order valence-electron chi connectivity index (χ2n) is 22.0. The van der Waals surface area contributed by atoms with Crippen molar-refractivity contribution in [1.82, 2.24) is 0 Å². The first kappa shape index (κ1) is 45.2. The molecule has 0 fully saturated rings. The predicted octanol–water partition coefficient (Wildman–Crippen LogP) is 19.4. The summed E-state index contributed by atoms with van der Waals surface area (Å²) >= 11 is 0. The first-order chi connectivity index (χ1) is 37.9. The number of hydrogen-bond donors (Lipinski definition) is 0. The summed E-state index contributed by atoms with van der Waals surface area (Å²) in [4.78, 5) is 5.26. The molecule has 0 N–H and O–H groups in total. The van der Waals surface area contributed by atoms with Gasteiger partial charge in [-0.1, -0.05) is 226 Å². The molecular formula is C75H56N2. The Morgan fingerprint density at radius 1 is 0.468 bits per heavy atom. The molecule has 2 nitrogen and oxygen atoms in total. The van der Waals surface area contributed by atoms with Crippen molar-refractivity contribution in [1.29, 1.82) is 0 Å². The van der Waals surface area contributed by atoms with Gasteiger partial charge in [-0.2, -0.15) is 0 Å². The minimum atomic E-state index is -0.219. The van der Waals surface area contributed by atoms with Gasteiger partial charge >= 0.3 is 0 Å². The molecule has 366 valence electrons. The second-order valence-corrected chi connectivity index (χ2v) is 22.0. The molecule has 10 aromatic rings. The second kappa shape index (κ2) is 18.0. The van der Waals surface area contributed by atoms with Crippen molar-refractivity contribution in [2.45, 2.75) is 31.7 Å². The minimum absolute atomic E-state index is 0.0740. The van der Waals surface area contributed by atoms with Crippen LogP contribution >= 0.6 is 0 Å². The third-order valence-electron chi connectivity index (χ3n) is 17.3. The molecule has 77 heavy (non-hydrogen) atoms. The highest BCUT2D eigenvalue weighted by molar-refractivity contribution is 6.03. The highest BCUT2D eigenvalue weighted by Crippen LogP contribution is 2.60. The molecule has 0 spiro atoms. The summed E-state index contributed by atoms with van der Waals surface area (Å²) in [5, 5.41) is 4.93. The predicted molar refractivity (Wildman–Crippen MR) is 325 cm³/mol. The average molecular weight is 985 g/mol. The van der Waals surface area contributed by atoms with Gasteiger partial charge < -0.3 is 9.80 Å². The number of rotatable bonds is 8. The highest BCUT2D eigenvalue weighted by Gasteiger charge is 2.47. The van der Waals surface area contributed by atoms with Gasteiger partial charge in [-0.25, -0.2) is 0 Å². The Morgan fingerprint density at radius 2 is 1.06 bits per heavy atom. The van der Waals surface area contributed by atoms with Crippen LogP contribution in [0.2, 0.25) is 0 Å². The summed E-state index contributed by atoms with van der Waals surface area (Å²) in [6.07, 6.45) is 17.8. The zero-order valence-electron chi connectivity index (χ0n) is 43.3. The molecule has 0 aliphatic heterocycles. The maximum absolute atomic E-state index is 2.68. The van der Waals surface area contributed by atoms with Crippen LogP contribution in [0.1, 0.15) is 53.3 Å². The zero-order valence-corrected chi connectivity index (χ0v) is 43.3. The number of hydrogen-bond acceptors (Lipinski definition) is 2. The lowest BCUT2D eigenvalue weighted by Gasteiger charge is -2.46. The molecule has 3 unspecified atom stereocenters. The smallest absolute Gasteiger partial charge is 0.0702 e. The summed E-state index contributed by atoms with van der Waals surface area (Å²) in [5.74, 6) is 0.333. The van der Waals surface area contributed by atoms with Crippen LogP contribution in [0.3, 0.4) is 0 Å². The quantitative estimate of drug-likeness (QED) is 0.140. The Hall–Kier alpha value is -9.24. The third-order valence-corrected chi connectivity index (χ3v) is 17.3. The molecule has 5 aliphatic rings. The largest absolute Gasteiger partial charge is 0.333 e. The van der Waals surface area contributed by atoms with Crippen molar-refractivity contribution in [2.24, 2.45) is 11.8 Å². The van der Waals surface area contributed by atoms with Crippen molar-refractivity contribution in [2.75, 3.05) is 9.80 Å². The van der Waals surface area contributed by atoms with Crippen molar-refractivity contribution in [3.63, 3.8) is 0 Å². The summed E-state index contributed by atoms with van der Waals surface area (Å²) < 4.78 is 0. The van der Waals surface area contributed by atoms with E-state index in [1.54, 1.807) is 0 Å². The van der Waals surface area contributed by atoms with Crippen LogP contribution in [0, 0.1) is 11.8 Å². The van der Waals surface area contributed by atoms with E-state index in [0.717, 1.165) is 23.5 Å². The van der Waals surface area contributed by atoms with E-state index in [1.165, 1.54) is 111 Å². The van der Waals surface area contributed by atoms with Gasteiger partial charge in [-0.15, -0.1) is 0 Å². The lowest BCUT2D eigenvalue weighted by Crippen LogP contribution is -2.37. The molecule has 10 aromatic carbocycles. The molecule has 0 heterocycles. The summed E-state index contributed by atoms with van der Waals surface area (Å²) in [5.41, 5.74) is 23.7. The van der Waals surface area contributed by atoms with Gasteiger partial charge in [-0.3, -0.25) is 0 Å². The van der Waals surface area contributed by atoms with Gasteiger partial charge in [0.05, 0.1) is 11.7 Å². The lowest BCUT2D eigenvalue weighted by molar-refractivity contribution is 0.566. The van der Waals surface area contributed by atoms with Crippen LogP contribution < -0.4 is 9.80 Å². The van der Waals surface area contributed by atoms with Crippen LogP contribution in [-0.2, 0) is 11.8 Å². The average Bonchev–Trinajstić information content (AvgIpc) is 3.85. The maximum atomic E-state index is 2.68. The van der Waals surface area contributed by atoms with E-state index in [4.69, 9.17) is 0 Å². The van der Waals surface area contributed by atoms with Gasteiger partial charge in [0.15, 0.2) is 0 Å². The number of benzene rings is 10. The molecule has 0 radical (unpaired) electrons. The Kier molecular flexibility index (Phi) is 10.5. The van der Waals surface area contributed by atoms with Crippen LogP contribution in [-0.4, -0.2) is 0 Å². The number of anilines is 4. The highest BCUT2D eigenvalue weighted by atomic mass is 15.2. The van der Waals surface area contributed by atoms with Crippen LogP contribution in [0.25, 0.3) is 61.1 Å². The molecule has 0 bridgehead atoms. The van der Waals surface area contributed by atoms with Gasteiger partial charge in [0.25, 0.3) is 0 Å². The van der Waals surface area contributed by atoms with E-state index < -0.39 is 0 Å². The van der Waals surface area contributed by atoms with Crippen molar-refractivity contribution in [3.8, 4) is 22.3 Å². The van der Waals surface area contributed by atoms with Gasteiger partial charge in [-0.05, 0) is 161 Å². The van der Waals surface area contributed by atoms with E-state index in [0.29, 0.717) is 5.92 Å². The number of allylic oxidation sites excluding steroid dienone is 8. The normalized spacial score (nSPS) is 18.3. The standard InChI is InChI=1S/C75H56N2/c1-75(2)71-28-16-15-25-65(71)68-47-69-70(48-72(68)75)74(77(62-37-31-52(32-38-62)50-19-7-4-8-20-50)64-40-34-58-42-54-22-10-12-24-56(54)44-60(58)46-64)67-27-14-13-26-66(67)73(69)76(61-35-29-51(30-36-61)49-17-5-3-6-18-49)63-39-33-57-41-53-21-9-11-23-55(53)43-59(57)45-63/h3-40,42-48,53,69,73H,41H2,1-2H3. The van der Waals surface area contributed by atoms with E-state index in [9.17, 15) is 0 Å².